The molecule has 0 radical (unpaired) electrons. The monoisotopic (exact) mass is 493 g/mol. The van der Waals surface area contributed by atoms with Gasteiger partial charge in [0.1, 0.15) is 17.0 Å². The molecule has 180 valence electrons. The topological polar surface area (TPSA) is 109 Å². The molecular weight excluding hydrogens is 470 g/mol. The van der Waals surface area contributed by atoms with Crippen molar-refractivity contribution in [3.63, 3.8) is 0 Å². The zero-order valence-corrected chi connectivity index (χ0v) is 20.0. The van der Waals surface area contributed by atoms with E-state index in [1.54, 1.807) is 74.0 Å². The quantitative estimate of drug-likeness (QED) is 0.378. The van der Waals surface area contributed by atoms with E-state index in [0.717, 1.165) is 10.1 Å². The fourth-order valence-corrected chi connectivity index (χ4v) is 4.49. The van der Waals surface area contributed by atoms with E-state index >= 15 is 0 Å². The predicted molar refractivity (Wildman–Crippen MR) is 133 cm³/mol. The molecule has 0 saturated carbocycles. The lowest BCUT2D eigenvalue weighted by molar-refractivity contribution is -0.116. The number of para-hydroxylation sites is 1. The summed E-state index contributed by atoms with van der Waals surface area (Å²) >= 11 is 1.20. The number of nitrogens with zero attached hydrogens (tertiary/aromatic N) is 2. The normalized spacial score (nSPS) is 10.8. The molecule has 0 aliphatic carbocycles. The number of amides is 1. The Morgan fingerprint density at radius 1 is 1.00 bits per heavy atom. The standard InChI is InChI=1S/C25H23N3O6S/c1-3-34-24(31)18-6-4-5-7-19(18)26-21(29)15-27-20-12-13-35-22(20)23(30)28(25(27)32)14-16-8-10-17(33-2)11-9-16/h4-13H,3,14-15H2,1-2H3,(H,26,29). The van der Waals surface area contributed by atoms with Crippen LogP contribution in [0.1, 0.15) is 22.8 Å². The summed E-state index contributed by atoms with van der Waals surface area (Å²) in [5.41, 5.74) is 0.577. The van der Waals surface area contributed by atoms with Gasteiger partial charge in [-0.05, 0) is 48.2 Å². The number of hydrogen-bond acceptors (Lipinski definition) is 7. The highest BCUT2D eigenvalue weighted by atomic mass is 32.1. The van der Waals surface area contributed by atoms with E-state index in [-0.39, 0.29) is 30.9 Å². The number of fused-ring (bicyclic) bond motifs is 1. The first-order valence-corrected chi connectivity index (χ1v) is 11.7. The molecule has 0 atom stereocenters. The Hall–Kier alpha value is -4.18. The SMILES string of the molecule is CCOC(=O)c1ccccc1NC(=O)Cn1c(=O)n(Cc2ccc(OC)cc2)c(=O)c2sccc21. The molecule has 1 N–H and O–H groups in total. The third-order valence-electron chi connectivity index (χ3n) is 5.33. The number of esters is 1. The number of ether oxygens (including phenoxy) is 2. The number of anilines is 1. The third kappa shape index (κ3) is 5.02. The highest BCUT2D eigenvalue weighted by Gasteiger charge is 2.19. The van der Waals surface area contributed by atoms with E-state index in [9.17, 15) is 19.2 Å². The maximum atomic E-state index is 13.3. The molecule has 2 heterocycles. The number of aromatic nitrogens is 2. The van der Waals surface area contributed by atoms with E-state index in [2.05, 4.69) is 5.32 Å². The van der Waals surface area contributed by atoms with Gasteiger partial charge in [-0.2, -0.15) is 0 Å². The Labute approximate surface area is 204 Å². The molecule has 4 rings (SSSR count). The molecule has 4 aromatic rings. The second kappa shape index (κ2) is 10.4. The summed E-state index contributed by atoms with van der Waals surface area (Å²) in [6, 6.07) is 15.1. The van der Waals surface area contributed by atoms with E-state index in [1.807, 2.05) is 0 Å². The number of carbonyl (C=O) groups is 2. The van der Waals surface area contributed by atoms with Gasteiger partial charge < -0.3 is 14.8 Å². The van der Waals surface area contributed by atoms with Crippen molar-refractivity contribution in [2.45, 2.75) is 20.0 Å². The predicted octanol–water partition coefficient (Wildman–Crippen LogP) is 3.10. The second-order valence-electron chi connectivity index (χ2n) is 7.56. The van der Waals surface area contributed by atoms with Gasteiger partial charge in [0, 0.05) is 0 Å². The van der Waals surface area contributed by atoms with E-state index in [1.165, 1.54) is 15.9 Å². The van der Waals surface area contributed by atoms with Gasteiger partial charge in [0.15, 0.2) is 0 Å². The van der Waals surface area contributed by atoms with Gasteiger partial charge in [0.05, 0.1) is 37.0 Å². The molecular formula is C25H23N3O6S. The highest BCUT2D eigenvalue weighted by molar-refractivity contribution is 7.17. The van der Waals surface area contributed by atoms with Gasteiger partial charge >= 0.3 is 11.7 Å². The third-order valence-corrected chi connectivity index (χ3v) is 6.23. The van der Waals surface area contributed by atoms with Crippen molar-refractivity contribution in [3.05, 3.63) is 91.9 Å². The summed E-state index contributed by atoms with van der Waals surface area (Å²) in [4.78, 5) is 51.5. The molecule has 35 heavy (non-hydrogen) atoms. The van der Waals surface area contributed by atoms with Crippen LogP contribution in [0.4, 0.5) is 5.69 Å². The summed E-state index contributed by atoms with van der Waals surface area (Å²) in [5.74, 6) is -0.424. The van der Waals surface area contributed by atoms with Crippen molar-refractivity contribution in [3.8, 4) is 5.75 Å². The minimum absolute atomic E-state index is 0.0445. The van der Waals surface area contributed by atoms with Crippen LogP contribution in [0.25, 0.3) is 10.2 Å². The Morgan fingerprint density at radius 2 is 1.74 bits per heavy atom. The zero-order chi connectivity index (χ0) is 24.9. The van der Waals surface area contributed by atoms with Crippen LogP contribution >= 0.6 is 11.3 Å². The van der Waals surface area contributed by atoms with Crippen molar-refractivity contribution < 1.29 is 19.1 Å². The fourth-order valence-electron chi connectivity index (χ4n) is 3.65. The van der Waals surface area contributed by atoms with Crippen LogP contribution < -0.4 is 21.3 Å². The van der Waals surface area contributed by atoms with Crippen molar-refractivity contribution in [2.75, 3.05) is 19.0 Å². The molecule has 0 bridgehead atoms. The van der Waals surface area contributed by atoms with Crippen molar-refractivity contribution in [2.24, 2.45) is 0 Å². The molecule has 0 saturated heterocycles. The minimum atomic E-state index is -0.606. The zero-order valence-electron chi connectivity index (χ0n) is 19.1. The summed E-state index contributed by atoms with van der Waals surface area (Å²) < 4.78 is 12.9. The van der Waals surface area contributed by atoms with E-state index in [4.69, 9.17) is 9.47 Å². The largest absolute Gasteiger partial charge is 0.497 e. The summed E-state index contributed by atoms with van der Waals surface area (Å²) in [7, 11) is 1.55. The molecule has 9 nitrogen and oxygen atoms in total. The summed E-state index contributed by atoms with van der Waals surface area (Å²) in [6.45, 7) is 1.59. The van der Waals surface area contributed by atoms with Crippen LogP contribution in [0.2, 0.25) is 0 Å². The molecule has 1 amide bonds. The Balaban J connectivity index is 1.66. The number of methoxy groups -OCH3 is 1. The maximum Gasteiger partial charge on any atom is 0.340 e. The van der Waals surface area contributed by atoms with Gasteiger partial charge in [0.25, 0.3) is 5.56 Å². The number of rotatable bonds is 8. The highest BCUT2D eigenvalue weighted by Crippen LogP contribution is 2.18. The smallest absolute Gasteiger partial charge is 0.340 e. The van der Waals surface area contributed by atoms with Crippen LogP contribution in [-0.4, -0.2) is 34.7 Å². The van der Waals surface area contributed by atoms with Crippen LogP contribution in [0.5, 0.6) is 5.75 Å². The molecule has 0 fully saturated rings. The first-order chi connectivity index (χ1) is 16.9. The fraction of sp³-hybridized carbons (Fsp3) is 0.200. The summed E-state index contributed by atoms with van der Waals surface area (Å²) in [6.07, 6.45) is 0. The number of benzene rings is 2. The average molecular weight is 494 g/mol. The van der Waals surface area contributed by atoms with Gasteiger partial charge in [0.2, 0.25) is 5.91 Å². The van der Waals surface area contributed by atoms with Gasteiger partial charge in [-0.3, -0.25) is 18.7 Å². The van der Waals surface area contributed by atoms with Crippen LogP contribution in [0, 0.1) is 0 Å². The maximum absolute atomic E-state index is 13.3. The summed E-state index contributed by atoms with van der Waals surface area (Å²) in [5, 5.41) is 4.38. The van der Waals surface area contributed by atoms with Crippen LogP contribution in [-0.2, 0) is 22.6 Å². The molecule has 2 aromatic carbocycles. The first-order valence-electron chi connectivity index (χ1n) is 10.8. The van der Waals surface area contributed by atoms with Crippen LogP contribution in [0.15, 0.2) is 69.6 Å². The Morgan fingerprint density at radius 3 is 2.46 bits per heavy atom. The molecule has 0 spiro atoms. The van der Waals surface area contributed by atoms with Crippen LogP contribution in [0.3, 0.4) is 0 Å². The van der Waals surface area contributed by atoms with E-state index < -0.39 is 23.1 Å². The molecule has 0 aliphatic heterocycles. The number of carbonyl (C=O) groups excluding carboxylic acids is 2. The number of thiophene rings is 1. The van der Waals surface area contributed by atoms with Gasteiger partial charge in [-0.1, -0.05) is 24.3 Å². The minimum Gasteiger partial charge on any atom is -0.497 e. The number of hydrogen-bond donors (Lipinski definition) is 1. The van der Waals surface area contributed by atoms with E-state index in [0.29, 0.717) is 16.0 Å². The van der Waals surface area contributed by atoms with Crippen molar-refractivity contribution >= 4 is 39.1 Å². The van der Waals surface area contributed by atoms with Gasteiger partial charge in [-0.25, -0.2) is 9.59 Å². The van der Waals surface area contributed by atoms with Crippen molar-refractivity contribution in [1.29, 1.82) is 0 Å². The lowest BCUT2D eigenvalue weighted by Gasteiger charge is -2.14. The Kier molecular flexibility index (Phi) is 7.11. The lowest BCUT2D eigenvalue weighted by Crippen LogP contribution is -2.41. The average Bonchev–Trinajstić information content (AvgIpc) is 3.35. The van der Waals surface area contributed by atoms with Gasteiger partial charge in [-0.15, -0.1) is 11.3 Å². The Bertz CT molecular complexity index is 1500. The molecule has 10 heteroatoms. The van der Waals surface area contributed by atoms with Crippen molar-refractivity contribution in [1.82, 2.24) is 9.13 Å². The molecule has 2 aromatic heterocycles. The first kappa shape index (κ1) is 24.0. The molecule has 0 aliphatic rings. The number of nitrogens with one attached hydrogen (secondary N) is 1. The second-order valence-corrected chi connectivity index (χ2v) is 8.47. The molecule has 0 unspecified atom stereocenters. The lowest BCUT2D eigenvalue weighted by atomic mass is 10.2.